The Balaban J connectivity index is 1.52. The Labute approximate surface area is 160 Å². The quantitative estimate of drug-likeness (QED) is 0.772. The zero-order chi connectivity index (χ0) is 19.4. The molecule has 1 fully saturated rings. The van der Waals surface area contributed by atoms with Crippen LogP contribution in [0.2, 0.25) is 0 Å². The molecule has 3 rings (SSSR count). The average molecular weight is 386 g/mol. The number of thioether (sulfide) groups is 1. The van der Waals surface area contributed by atoms with Crippen LogP contribution in [0.4, 0.5) is 15.8 Å². The standard InChI is InChI=1S/C20H19FN2O3S/c1-13-6-8-14(9-7-13)23-19(25)12-17(20(23)26)27-11-10-18(24)22-16-5-3-2-4-15(16)21/h2-9,17H,10-12H2,1H3,(H,22,24)/t17-/m1/s1. The van der Waals surface area contributed by atoms with E-state index in [1.54, 1.807) is 24.3 Å². The predicted octanol–water partition coefficient (Wildman–Crippen LogP) is 3.53. The largest absolute Gasteiger partial charge is 0.324 e. The highest BCUT2D eigenvalue weighted by Gasteiger charge is 2.39. The van der Waals surface area contributed by atoms with E-state index in [1.165, 1.54) is 28.8 Å². The molecule has 7 heteroatoms. The number of nitrogens with one attached hydrogen (secondary N) is 1. The summed E-state index contributed by atoms with van der Waals surface area (Å²) in [6.07, 6.45) is 0.244. The monoisotopic (exact) mass is 386 g/mol. The maximum absolute atomic E-state index is 13.5. The van der Waals surface area contributed by atoms with Crippen molar-refractivity contribution in [2.75, 3.05) is 16.0 Å². The zero-order valence-corrected chi connectivity index (χ0v) is 15.6. The van der Waals surface area contributed by atoms with Crippen LogP contribution in [0.15, 0.2) is 48.5 Å². The highest BCUT2D eigenvalue weighted by atomic mass is 32.2. The van der Waals surface area contributed by atoms with Crippen molar-refractivity contribution in [3.8, 4) is 0 Å². The fraction of sp³-hybridized carbons (Fsp3) is 0.250. The first-order valence-corrected chi connectivity index (χ1v) is 9.60. The number of benzene rings is 2. The first kappa shape index (κ1) is 19.1. The van der Waals surface area contributed by atoms with Crippen molar-refractivity contribution in [3.63, 3.8) is 0 Å². The summed E-state index contributed by atoms with van der Waals surface area (Å²) in [5, 5.41) is 2.01. The lowest BCUT2D eigenvalue weighted by molar-refractivity contribution is -0.121. The second kappa shape index (κ2) is 8.35. The highest BCUT2D eigenvalue weighted by Crippen LogP contribution is 2.30. The molecule has 0 bridgehead atoms. The molecule has 27 heavy (non-hydrogen) atoms. The van der Waals surface area contributed by atoms with E-state index in [2.05, 4.69) is 5.32 Å². The Bertz CT molecular complexity index is 870. The number of para-hydroxylation sites is 1. The van der Waals surface area contributed by atoms with Gasteiger partial charge < -0.3 is 5.32 Å². The summed E-state index contributed by atoms with van der Waals surface area (Å²) in [5.41, 5.74) is 1.74. The zero-order valence-electron chi connectivity index (χ0n) is 14.8. The third-order valence-corrected chi connectivity index (χ3v) is 5.40. The molecule has 5 nitrogen and oxygen atoms in total. The number of carbonyl (C=O) groups excluding carboxylic acids is 3. The number of nitrogens with zero attached hydrogens (tertiary/aromatic N) is 1. The minimum atomic E-state index is -0.500. The minimum Gasteiger partial charge on any atom is -0.324 e. The van der Waals surface area contributed by atoms with E-state index in [0.717, 1.165) is 5.56 Å². The fourth-order valence-corrected chi connectivity index (χ4v) is 3.86. The van der Waals surface area contributed by atoms with Gasteiger partial charge in [-0.2, -0.15) is 0 Å². The van der Waals surface area contributed by atoms with Crippen LogP contribution in [0.1, 0.15) is 18.4 Å². The molecule has 1 aliphatic heterocycles. The summed E-state index contributed by atoms with van der Waals surface area (Å²) in [6.45, 7) is 1.93. The number of hydrogen-bond donors (Lipinski definition) is 1. The van der Waals surface area contributed by atoms with Gasteiger partial charge in [0, 0.05) is 18.6 Å². The minimum absolute atomic E-state index is 0.117. The summed E-state index contributed by atoms with van der Waals surface area (Å²) >= 11 is 1.27. The predicted molar refractivity (Wildman–Crippen MR) is 104 cm³/mol. The van der Waals surface area contributed by atoms with Gasteiger partial charge in [-0.3, -0.25) is 14.4 Å². The molecule has 0 unspecified atom stereocenters. The Morgan fingerprint density at radius 3 is 2.59 bits per heavy atom. The average Bonchev–Trinajstić information content (AvgIpc) is 2.92. The van der Waals surface area contributed by atoms with Gasteiger partial charge in [0.05, 0.1) is 16.6 Å². The molecule has 2 aromatic rings. The van der Waals surface area contributed by atoms with Gasteiger partial charge in [-0.25, -0.2) is 9.29 Å². The molecular weight excluding hydrogens is 367 g/mol. The lowest BCUT2D eigenvalue weighted by Crippen LogP contribution is -2.31. The molecule has 1 atom stereocenters. The van der Waals surface area contributed by atoms with Crippen LogP contribution in [0, 0.1) is 12.7 Å². The van der Waals surface area contributed by atoms with Crippen molar-refractivity contribution in [1.82, 2.24) is 0 Å². The maximum Gasteiger partial charge on any atom is 0.247 e. The molecule has 0 spiro atoms. The summed E-state index contributed by atoms with van der Waals surface area (Å²) in [6, 6.07) is 13.1. The van der Waals surface area contributed by atoms with Crippen LogP contribution in [0.25, 0.3) is 0 Å². The summed E-state index contributed by atoms with van der Waals surface area (Å²) in [7, 11) is 0. The number of amides is 3. The maximum atomic E-state index is 13.5. The molecule has 1 saturated heterocycles. The number of carbonyl (C=O) groups is 3. The van der Waals surface area contributed by atoms with Gasteiger partial charge in [-0.05, 0) is 31.2 Å². The molecule has 1 N–H and O–H groups in total. The second-order valence-corrected chi connectivity index (χ2v) is 7.56. The van der Waals surface area contributed by atoms with Gasteiger partial charge in [0.25, 0.3) is 0 Å². The normalized spacial score (nSPS) is 16.7. The van der Waals surface area contributed by atoms with E-state index in [4.69, 9.17) is 0 Å². The van der Waals surface area contributed by atoms with Crippen molar-refractivity contribution < 1.29 is 18.8 Å². The van der Waals surface area contributed by atoms with Gasteiger partial charge in [-0.15, -0.1) is 11.8 Å². The van der Waals surface area contributed by atoms with Crippen LogP contribution in [-0.2, 0) is 14.4 Å². The van der Waals surface area contributed by atoms with E-state index in [0.29, 0.717) is 11.4 Å². The van der Waals surface area contributed by atoms with Crippen LogP contribution in [0.3, 0.4) is 0 Å². The van der Waals surface area contributed by atoms with Crippen LogP contribution in [0.5, 0.6) is 0 Å². The van der Waals surface area contributed by atoms with Crippen molar-refractivity contribution in [1.29, 1.82) is 0 Å². The van der Waals surface area contributed by atoms with Crippen molar-refractivity contribution in [3.05, 3.63) is 59.9 Å². The highest BCUT2D eigenvalue weighted by molar-refractivity contribution is 8.00. The number of anilines is 2. The van der Waals surface area contributed by atoms with Crippen LogP contribution in [-0.4, -0.2) is 28.7 Å². The molecule has 3 amide bonds. The molecule has 140 valence electrons. The molecule has 1 aliphatic rings. The molecule has 2 aromatic carbocycles. The smallest absolute Gasteiger partial charge is 0.247 e. The number of rotatable bonds is 6. The molecule has 0 aliphatic carbocycles. The molecule has 0 aromatic heterocycles. The van der Waals surface area contributed by atoms with E-state index >= 15 is 0 Å². The Hall–Kier alpha value is -2.67. The van der Waals surface area contributed by atoms with E-state index < -0.39 is 11.1 Å². The first-order chi connectivity index (χ1) is 13.0. The summed E-state index contributed by atoms with van der Waals surface area (Å²) in [5.74, 6) is -0.963. The third kappa shape index (κ3) is 4.54. The number of aryl methyl sites for hydroxylation is 1. The number of hydrogen-bond acceptors (Lipinski definition) is 4. The fourth-order valence-electron chi connectivity index (χ4n) is 2.77. The number of imide groups is 1. The van der Waals surface area contributed by atoms with Gasteiger partial charge in [0.1, 0.15) is 5.82 Å². The Kier molecular flexibility index (Phi) is 5.91. The lowest BCUT2D eigenvalue weighted by Gasteiger charge is -2.15. The van der Waals surface area contributed by atoms with E-state index in [1.807, 2.05) is 19.1 Å². The topological polar surface area (TPSA) is 66.5 Å². The van der Waals surface area contributed by atoms with Crippen LogP contribution >= 0.6 is 11.8 Å². The molecular formula is C20H19FN2O3S. The number of halogens is 1. The van der Waals surface area contributed by atoms with Gasteiger partial charge in [0.2, 0.25) is 17.7 Å². The van der Waals surface area contributed by atoms with Crippen molar-refractivity contribution >= 4 is 40.9 Å². The second-order valence-electron chi connectivity index (χ2n) is 6.24. The van der Waals surface area contributed by atoms with Gasteiger partial charge in [0.15, 0.2) is 0 Å². The van der Waals surface area contributed by atoms with E-state index in [-0.39, 0.29) is 36.3 Å². The third-order valence-electron chi connectivity index (χ3n) is 4.19. The molecule has 1 heterocycles. The Morgan fingerprint density at radius 2 is 1.89 bits per heavy atom. The summed E-state index contributed by atoms with van der Waals surface area (Å²) < 4.78 is 13.5. The van der Waals surface area contributed by atoms with Gasteiger partial charge in [-0.1, -0.05) is 29.8 Å². The van der Waals surface area contributed by atoms with Crippen molar-refractivity contribution in [2.24, 2.45) is 0 Å². The lowest BCUT2D eigenvalue weighted by atomic mass is 10.2. The van der Waals surface area contributed by atoms with Gasteiger partial charge >= 0.3 is 0 Å². The molecule has 0 saturated carbocycles. The van der Waals surface area contributed by atoms with Crippen LogP contribution < -0.4 is 10.2 Å². The molecule has 0 radical (unpaired) electrons. The summed E-state index contributed by atoms with van der Waals surface area (Å²) in [4.78, 5) is 37.9. The van der Waals surface area contributed by atoms with Crippen molar-refractivity contribution in [2.45, 2.75) is 25.0 Å². The first-order valence-electron chi connectivity index (χ1n) is 8.55. The Morgan fingerprint density at radius 1 is 1.19 bits per heavy atom. The van der Waals surface area contributed by atoms with E-state index in [9.17, 15) is 18.8 Å². The SMILES string of the molecule is Cc1ccc(N2C(=O)C[C@@H](SCCC(=O)Nc3ccccc3F)C2=O)cc1.